The molecule has 0 radical (unpaired) electrons. The van der Waals surface area contributed by atoms with Crippen molar-refractivity contribution in [2.75, 3.05) is 13.1 Å². The van der Waals surface area contributed by atoms with Gasteiger partial charge >= 0.3 is 0 Å². The molecule has 0 unspecified atom stereocenters. The summed E-state index contributed by atoms with van der Waals surface area (Å²) >= 11 is 0. The van der Waals surface area contributed by atoms with Crippen LogP contribution in [0.15, 0.2) is 16.5 Å². The lowest BCUT2D eigenvalue weighted by molar-refractivity contribution is 0.159. The predicted molar refractivity (Wildman–Crippen MR) is 71.2 cm³/mol. The lowest BCUT2D eigenvalue weighted by Gasteiger charge is -2.34. The maximum Gasteiger partial charge on any atom is 0.129 e. The van der Waals surface area contributed by atoms with Crippen molar-refractivity contribution < 1.29 is 9.52 Å². The first-order valence-corrected chi connectivity index (χ1v) is 6.85. The van der Waals surface area contributed by atoms with Gasteiger partial charge in [-0.3, -0.25) is 0 Å². The number of likely N-dealkylation sites (tertiary alicyclic amines) is 1. The Bertz CT molecular complexity index is 354. The highest BCUT2D eigenvalue weighted by molar-refractivity contribution is 5.06. The third-order valence-corrected chi connectivity index (χ3v) is 3.70. The Labute approximate surface area is 109 Å². The van der Waals surface area contributed by atoms with Gasteiger partial charge in [-0.2, -0.15) is 0 Å². The van der Waals surface area contributed by atoms with E-state index in [4.69, 9.17) is 9.52 Å². The molecule has 1 aromatic rings. The molecule has 4 heteroatoms. The van der Waals surface area contributed by atoms with Crippen LogP contribution >= 0.6 is 0 Å². The third-order valence-electron chi connectivity index (χ3n) is 3.70. The van der Waals surface area contributed by atoms with Gasteiger partial charge in [0.25, 0.3) is 0 Å². The van der Waals surface area contributed by atoms with Crippen LogP contribution in [0.4, 0.5) is 0 Å². The van der Waals surface area contributed by atoms with Crippen molar-refractivity contribution >= 4 is 0 Å². The highest BCUT2D eigenvalue weighted by atomic mass is 16.4. The van der Waals surface area contributed by atoms with Crippen LogP contribution in [-0.4, -0.2) is 35.2 Å². The molecule has 2 N–H and O–H groups in total. The average molecular weight is 252 g/mol. The number of nitrogens with one attached hydrogen (secondary N) is 1. The van der Waals surface area contributed by atoms with E-state index in [9.17, 15) is 0 Å². The van der Waals surface area contributed by atoms with E-state index in [1.165, 1.54) is 25.9 Å². The Kier molecular flexibility index (Phi) is 4.80. The molecule has 102 valence electrons. The fourth-order valence-electron chi connectivity index (χ4n) is 2.47. The van der Waals surface area contributed by atoms with Crippen LogP contribution in [0.25, 0.3) is 0 Å². The second kappa shape index (κ2) is 6.36. The van der Waals surface area contributed by atoms with E-state index >= 15 is 0 Å². The minimum atomic E-state index is -0.0211. The largest absolute Gasteiger partial charge is 0.462 e. The average Bonchev–Trinajstić information content (AvgIpc) is 2.85. The Morgan fingerprint density at radius 1 is 1.33 bits per heavy atom. The summed E-state index contributed by atoms with van der Waals surface area (Å²) in [7, 11) is 0. The summed E-state index contributed by atoms with van der Waals surface area (Å²) in [6.07, 6.45) is 2.40. The number of furan rings is 1. The van der Waals surface area contributed by atoms with Gasteiger partial charge in [0.1, 0.15) is 18.1 Å². The lowest BCUT2D eigenvalue weighted by atomic mass is 10.0. The molecule has 18 heavy (non-hydrogen) atoms. The summed E-state index contributed by atoms with van der Waals surface area (Å²) in [4.78, 5) is 2.52. The second-order valence-electron chi connectivity index (χ2n) is 5.31. The number of nitrogens with zero attached hydrogens (tertiary/aromatic N) is 1. The fourth-order valence-corrected chi connectivity index (χ4v) is 2.47. The summed E-state index contributed by atoms with van der Waals surface area (Å²) in [5, 5.41) is 12.5. The van der Waals surface area contributed by atoms with Crippen LogP contribution in [-0.2, 0) is 13.2 Å². The van der Waals surface area contributed by atoms with Crippen LogP contribution in [0.2, 0.25) is 0 Å². The maximum absolute atomic E-state index is 8.93. The number of piperidine rings is 1. The highest BCUT2D eigenvalue weighted by Crippen LogP contribution is 2.14. The molecule has 0 aromatic carbocycles. The normalized spacial score (nSPS) is 18.7. The minimum Gasteiger partial charge on any atom is -0.462 e. The lowest BCUT2D eigenvalue weighted by Crippen LogP contribution is -2.44. The van der Waals surface area contributed by atoms with Crippen LogP contribution in [0, 0.1) is 0 Å². The molecule has 0 atom stereocenters. The SMILES string of the molecule is CC(C)N1CCC(NCc2ccc(CO)o2)CC1. The summed E-state index contributed by atoms with van der Waals surface area (Å²) < 4.78 is 5.46. The van der Waals surface area contributed by atoms with Gasteiger partial charge in [0, 0.05) is 12.1 Å². The molecule has 0 saturated carbocycles. The van der Waals surface area contributed by atoms with Crippen LogP contribution in [0.3, 0.4) is 0 Å². The Morgan fingerprint density at radius 3 is 2.56 bits per heavy atom. The monoisotopic (exact) mass is 252 g/mol. The molecule has 1 saturated heterocycles. The van der Waals surface area contributed by atoms with Crippen molar-refractivity contribution in [2.45, 2.75) is 51.9 Å². The van der Waals surface area contributed by atoms with Crippen LogP contribution in [0.5, 0.6) is 0 Å². The zero-order valence-corrected chi connectivity index (χ0v) is 11.4. The molecule has 4 nitrogen and oxygen atoms in total. The zero-order chi connectivity index (χ0) is 13.0. The van der Waals surface area contributed by atoms with Gasteiger partial charge in [0.2, 0.25) is 0 Å². The van der Waals surface area contributed by atoms with Gasteiger partial charge in [-0.05, 0) is 51.9 Å². The third kappa shape index (κ3) is 3.57. The van der Waals surface area contributed by atoms with E-state index in [1.54, 1.807) is 0 Å². The van der Waals surface area contributed by atoms with Crippen molar-refractivity contribution in [3.63, 3.8) is 0 Å². The zero-order valence-electron chi connectivity index (χ0n) is 11.4. The molecular weight excluding hydrogens is 228 g/mol. The summed E-state index contributed by atoms with van der Waals surface area (Å²) in [6.45, 7) is 7.60. The molecule has 0 bridgehead atoms. The quantitative estimate of drug-likeness (QED) is 0.838. The first-order valence-electron chi connectivity index (χ1n) is 6.85. The molecule has 2 rings (SSSR count). The van der Waals surface area contributed by atoms with Crippen molar-refractivity contribution in [3.05, 3.63) is 23.7 Å². The van der Waals surface area contributed by atoms with Gasteiger partial charge in [-0.15, -0.1) is 0 Å². The number of rotatable bonds is 5. The first-order chi connectivity index (χ1) is 8.69. The van der Waals surface area contributed by atoms with Crippen molar-refractivity contribution in [2.24, 2.45) is 0 Å². The fraction of sp³-hybridized carbons (Fsp3) is 0.714. The van der Waals surface area contributed by atoms with Gasteiger partial charge < -0.3 is 19.7 Å². The number of aliphatic hydroxyl groups is 1. The van der Waals surface area contributed by atoms with E-state index in [0.29, 0.717) is 17.8 Å². The Balaban J connectivity index is 1.72. The number of hydrogen-bond donors (Lipinski definition) is 2. The summed E-state index contributed by atoms with van der Waals surface area (Å²) in [6, 6.07) is 5.01. The molecular formula is C14H24N2O2. The standard InChI is InChI=1S/C14H24N2O2/c1-11(2)16-7-5-12(6-8-16)15-9-13-3-4-14(10-17)18-13/h3-4,11-12,15,17H,5-10H2,1-2H3. The van der Waals surface area contributed by atoms with Crippen molar-refractivity contribution in [3.8, 4) is 0 Å². The second-order valence-corrected chi connectivity index (χ2v) is 5.31. The van der Waals surface area contributed by atoms with Gasteiger partial charge in [-0.1, -0.05) is 0 Å². The van der Waals surface area contributed by atoms with Gasteiger partial charge in [-0.25, -0.2) is 0 Å². The predicted octanol–water partition coefficient (Wildman–Crippen LogP) is 1.73. The maximum atomic E-state index is 8.93. The molecule has 1 aromatic heterocycles. The molecule has 1 aliphatic heterocycles. The van der Waals surface area contributed by atoms with E-state index in [-0.39, 0.29) is 6.61 Å². The molecule has 1 fully saturated rings. The van der Waals surface area contributed by atoms with Crippen molar-refractivity contribution in [1.29, 1.82) is 0 Å². The van der Waals surface area contributed by atoms with Crippen LogP contribution < -0.4 is 5.32 Å². The topological polar surface area (TPSA) is 48.6 Å². The van der Waals surface area contributed by atoms with Crippen LogP contribution in [0.1, 0.15) is 38.2 Å². The minimum absolute atomic E-state index is 0.0211. The molecule has 0 aliphatic carbocycles. The smallest absolute Gasteiger partial charge is 0.129 e. The van der Waals surface area contributed by atoms with E-state index in [0.717, 1.165) is 12.3 Å². The Morgan fingerprint density at radius 2 is 2.00 bits per heavy atom. The van der Waals surface area contributed by atoms with Crippen molar-refractivity contribution in [1.82, 2.24) is 10.2 Å². The molecule has 1 aliphatic rings. The van der Waals surface area contributed by atoms with Gasteiger partial charge in [0.05, 0.1) is 6.54 Å². The van der Waals surface area contributed by atoms with E-state index in [2.05, 4.69) is 24.1 Å². The number of hydrogen-bond acceptors (Lipinski definition) is 4. The Hall–Kier alpha value is -0.840. The molecule has 0 spiro atoms. The summed E-state index contributed by atoms with van der Waals surface area (Å²) in [5.74, 6) is 1.55. The van der Waals surface area contributed by atoms with E-state index < -0.39 is 0 Å². The highest BCUT2D eigenvalue weighted by Gasteiger charge is 2.20. The summed E-state index contributed by atoms with van der Waals surface area (Å²) in [5.41, 5.74) is 0. The van der Waals surface area contributed by atoms with Gasteiger partial charge in [0.15, 0.2) is 0 Å². The molecule has 0 amide bonds. The van der Waals surface area contributed by atoms with E-state index in [1.807, 2.05) is 12.1 Å². The number of aliphatic hydroxyl groups excluding tert-OH is 1. The molecule has 2 heterocycles. The first kappa shape index (κ1) is 13.6.